The number of aliphatic hydroxyl groups is 1. The predicted octanol–water partition coefficient (Wildman–Crippen LogP) is 1.98. The first-order chi connectivity index (χ1) is 10.7. The van der Waals surface area contributed by atoms with Crippen molar-refractivity contribution in [2.45, 2.75) is 69.5 Å². The van der Waals surface area contributed by atoms with Crippen LogP contribution in [-0.2, 0) is 19.0 Å². The third-order valence-electron chi connectivity index (χ3n) is 5.27. The number of fused-ring (bicyclic) bond motifs is 1. The van der Waals surface area contributed by atoms with Crippen LogP contribution in [0.3, 0.4) is 0 Å². The molecule has 0 aliphatic carbocycles. The van der Waals surface area contributed by atoms with Crippen molar-refractivity contribution in [2.24, 2.45) is 11.8 Å². The second-order valence-corrected chi connectivity index (χ2v) is 7.80. The maximum Gasteiger partial charge on any atom is 0.422 e. The van der Waals surface area contributed by atoms with Gasteiger partial charge in [-0.05, 0) is 27.7 Å². The fourth-order valence-electron chi connectivity index (χ4n) is 4.37. The molecule has 0 spiro atoms. The summed E-state index contributed by atoms with van der Waals surface area (Å²) < 4.78 is 54.7. The molecule has 3 rings (SSSR count). The SMILES string of the molecule is C=C(C(=O)OC1C2OC(C)(C)C3C2OC1C3C(C)(C)O)C(F)(F)F. The molecule has 3 heterocycles. The number of alkyl halides is 3. The van der Waals surface area contributed by atoms with Gasteiger partial charge >= 0.3 is 12.1 Å². The molecule has 0 saturated carbocycles. The van der Waals surface area contributed by atoms with Crippen LogP contribution in [0, 0.1) is 11.8 Å². The van der Waals surface area contributed by atoms with Crippen molar-refractivity contribution < 1.29 is 37.3 Å². The van der Waals surface area contributed by atoms with Crippen molar-refractivity contribution in [1.29, 1.82) is 0 Å². The number of hydrogen-bond donors (Lipinski definition) is 1. The summed E-state index contributed by atoms with van der Waals surface area (Å²) in [6.07, 6.45) is -7.63. The molecule has 3 saturated heterocycles. The summed E-state index contributed by atoms with van der Waals surface area (Å²) in [5, 5.41) is 10.5. The summed E-state index contributed by atoms with van der Waals surface area (Å²) in [6.45, 7) is 9.66. The first kappa shape index (κ1) is 17.7. The number of carbonyl (C=O) groups excluding carboxylic acids is 1. The number of rotatable bonds is 3. The summed E-state index contributed by atoms with van der Waals surface area (Å²) in [7, 11) is 0. The Morgan fingerprint density at radius 2 is 1.79 bits per heavy atom. The van der Waals surface area contributed by atoms with Gasteiger partial charge in [0.25, 0.3) is 0 Å². The molecule has 3 aliphatic heterocycles. The van der Waals surface area contributed by atoms with Crippen molar-refractivity contribution in [3.05, 3.63) is 12.2 Å². The first-order valence-corrected chi connectivity index (χ1v) is 7.78. The zero-order chi connectivity index (χ0) is 18.2. The molecular weight excluding hydrogens is 329 g/mol. The maximum absolute atomic E-state index is 12.6. The number of carbonyl (C=O) groups is 1. The summed E-state index contributed by atoms with van der Waals surface area (Å²) in [4.78, 5) is 11.8. The van der Waals surface area contributed by atoms with E-state index in [2.05, 4.69) is 6.58 Å². The van der Waals surface area contributed by atoms with Gasteiger partial charge < -0.3 is 19.3 Å². The van der Waals surface area contributed by atoms with Crippen molar-refractivity contribution in [3.63, 3.8) is 0 Å². The second kappa shape index (κ2) is 4.95. The van der Waals surface area contributed by atoms with Gasteiger partial charge in [-0.3, -0.25) is 0 Å². The minimum Gasteiger partial charge on any atom is -0.453 e. The molecular formula is C16H21F3O5. The molecule has 136 valence electrons. The lowest BCUT2D eigenvalue weighted by Crippen LogP contribution is -2.53. The van der Waals surface area contributed by atoms with E-state index >= 15 is 0 Å². The molecule has 2 bridgehead atoms. The Hall–Kier alpha value is -1.12. The summed E-state index contributed by atoms with van der Waals surface area (Å²) in [6, 6.07) is 0. The fourth-order valence-corrected chi connectivity index (χ4v) is 4.37. The standard InChI is InChI=1S/C16H21F3O5/c1-6(16(17,18)19)13(20)23-11-9-7(14(2,3)21)8-10(22-9)12(11)24-15(8,4)5/h7-12,21H,1H2,2-5H3. The van der Waals surface area contributed by atoms with E-state index in [1.54, 1.807) is 13.8 Å². The second-order valence-electron chi connectivity index (χ2n) is 7.80. The third-order valence-corrected chi connectivity index (χ3v) is 5.27. The Balaban J connectivity index is 1.87. The maximum atomic E-state index is 12.6. The van der Waals surface area contributed by atoms with E-state index in [1.807, 2.05) is 13.8 Å². The molecule has 24 heavy (non-hydrogen) atoms. The van der Waals surface area contributed by atoms with E-state index in [4.69, 9.17) is 14.2 Å². The molecule has 6 unspecified atom stereocenters. The Morgan fingerprint density at radius 1 is 1.21 bits per heavy atom. The molecule has 0 amide bonds. The highest BCUT2D eigenvalue weighted by atomic mass is 19.4. The van der Waals surface area contributed by atoms with Gasteiger partial charge in [-0.1, -0.05) is 6.58 Å². The lowest BCUT2D eigenvalue weighted by Gasteiger charge is -2.39. The molecule has 3 aliphatic rings. The normalized spacial score (nSPS) is 40.0. The Labute approximate surface area is 137 Å². The van der Waals surface area contributed by atoms with Crippen molar-refractivity contribution in [3.8, 4) is 0 Å². The van der Waals surface area contributed by atoms with Crippen LogP contribution < -0.4 is 0 Å². The highest BCUT2D eigenvalue weighted by Crippen LogP contribution is 2.59. The van der Waals surface area contributed by atoms with Gasteiger partial charge in [0, 0.05) is 11.8 Å². The van der Waals surface area contributed by atoms with Gasteiger partial charge in [-0.2, -0.15) is 13.2 Å². The highest BCUT2D eigenvalue weighted by molar-refractivity contribution is 5.89. The molecule has 0 aromatic rings. The van der Waals surface area contributed by atoms with Crippen LogP contribution in [0.2, 0.25) is 0 Å². The molecule has 6 atom stereocenters. The quantitative estimate of drug-likeness (QED) is 0.623. The highest BCUT2D eigenvalue weighted by Gasteiger charge is 2.73. The van der Waals surface area contributed by atoms with Crippen LogP contribution in [0.5, 0.6) is 0 Å². The zero-order valence-electron chi connectivity index (χ0n) is 13.9. The van der Waals surface area contributed by atoms with Crippen LogP contribution in [0.4, 0.5) is 13.2 Å². The van der Waals surface area contributed by atoms with E-state index < -0.39 is 59.3 Å². The van der Waals surface area contributed by atoms with Crippen LogP contribution in [0.1, 0.15) is 27.7 Å². The van der Waals surface area contributed by atoms with Crippen molar-refractivity contribution in [2.75, 3.05) is 0 Å². The minimum atomic E-state index is -4.86. The fraction of sp³-hybridized carbons (Fsp3) is 0.812. The Morgan fingerprint density at radius 3 is 2.29 bits per heavy atom. The number of ether oxygens (including phenoxy) is 3. The number of halogens is 3. The molecule has 1 N–H and O–H groups in total. The van der Waals surface area contributed by atoms with Crippen molar-refractivity contribution >= 4 is 5.97 Å². The van der Waals surface area contributed by atoms with Gasteiger partial charge in [-0.15, -0.1) is 0 Å². The molecule has 8 heteroatoms. The monoisotopic (exact) mass is 350 g/mol. The molecule has 5 nitrogen and oxygen atoms in total. The zero-order valence-corrected chi connectivity index (χ0v) is 13.9. The van der Waals surface area contributed by atoms with E-state index in [-0.39, 0.29) is 5.92 Å². The van der Waals surface area contributed by atoms with Gasteiger partial charge in [0.05, 0.1) is 17.3 Å². The van der Waals surface area contributed by atoms with Crippen LogP contribution in [0.25, 0.3) is 0 Å². The average molecular weight is 350 g/mol. The predicted molar refractivity (Wildman–Crippen MR) is 76.0 cm³/mol. The number of hydrogen-bond acceptors (Lipinski definition) is 5. The Kier molecular flexibility index (Phi) is 3.65. The molecule has 0 aromatic carbocycles. The average Bonchev–Trinajstić information content (AvgIpc) is 2.97. The van der Waals surface area contributed by atoms with Gasteiger partial charge in [0.1, 0.15) is 17.8 Å². The van der Waals surface area contributed by atoms with E-state index in [1.165, 1.54) is 0 Å². The summed E-state index contributed by atoms with van der Waals surface area (Å²) in [5.74, 6) is -2.09. The van der Waals surface area contributed by atoms with Gasteiger partial charge in [0.2, 0.25) is 0 Å². The first-order valence-electron chi connectivity index (χ1n) is 7.78. The lowest BCUT2D eigenvalue weighted by atomic mass is 9.66. The summed E-state index contributed by atoms with van der Waals surface area (Å²) in [5.41, 5.74) is -3.37. The molecule has 0 radical (unpaired) electrons. The topological polar surface area (TPSA) is 65.0 Å². The van der Waals surface area contributed by atoms with E-state index in [9.17, 15) is 23.1 Å². The summed E-state index contributed by atoms with van der Waals surface area (Å²) >= 11 is 0. The van der Waals surface area contributed by atoms with Crippen molar-refractivity contribution in [1.82, 2.24) is 0 Å². The van der Waals surface area contributed by atoms with Crippen LogP contribution in [0.15, 0.2) is 12.2 Å². The number of esters is 1. The largest absolute Gasteiger partial charge is 0.453 e. The van der Waals surface area contributed by atoms with E-state index in [0.717, 1.165) is 0 Å². The lowest BCUT2D eigenvalue weighted by molar-refractivity contribution is -0.166. The third kappa shape index (κ3) is 2.46. The molecule has 0 aromatic heterocycles. The molecule has 3 fully saturated rings. The van der Waals surface area contributed by atoms with Crippen LogP contribution >= 0.6 is 0 Å². The smallest absolute Gasteiger partial charge is 0.422 e. The van der Waals surface area contributed by atoms with Gasteiger partial charge in [-0.25, -0.2) is 4.79 Å². The van der Waals surface area contributed by atoms with Gasteiger partial charge in [0.15, 0.2) is 6.10 Å². The van der Waals surface area contributed by atoms with Crippen LogP contribution in [-0.4, -0.2) is 52.9 Å². The minimum absolute atomic E-state index is 0.131. The van der Waals surface area contributed by atoms with E-state index in [0.29, 0.717) is 0 Å². The Bertz CT molecular complexity index is 577.